The van der Waals surface area contributed by atoms with Gasteiger partial charge in [-0.1, -0.05) is 41.9 Å². The first-order chi connectivity index (χ1) is 10.6. The van der Waals surface area contributed by atoms with Gasteiger partial charge in [-0.25, -0.2) is 13.1 Å². The first kappa shape index (κ1) is 17.8. The Bertz CT molecular complexity index is 792. The van der Waals surface area contributed by atoms with Crippen molar-refractivity contribution < 1.29 is 21.6 Å². The Hall–Kier alpha value is -1.57. The predicted octanol–water partition coefficient (Wildman–Crippen LogP) is 4.40. The summed E-state index contributed by atoms with van der Waals surface area (Å²) in [5.74, 6) is 0. The number of benzene rings is 2. The third-order valence-electron chi connectivity index (χ3n) is 3.19. The highest BCUT2D eigenvalue weighted by Gasteiger charge is 2.34. The minimum Gasteiger partial charge on any atom is -0.207 e. The summed E-state index contributed by atoms with van der Waals surface area (Å²) in [6, 6.07) is 10.6. The summed E-state index contributed by atoms with van der Waals surface area (Å²) >= 11 is 5.50. The zero-order valence-corrected chi connectivity index (χ0v) is 13.5. The van der Waals surface area contributed by atoms with Gasteiger partial charge in [-0.2, -0.15) is 13.2 Å². The van der Waals surface area contributed by atoms with Crippen LogP contribution in [0.2, 0.25) is 5.02 Å². The van der Waals surface area contributed by atoms with E-state index in [1.807, 2.05) is 0 Å². The molecule has 0 aliphatic heterocycles. The van der Waals surface area contributed by atoms with Gasteiger partial charge in [0.1, 0.15) is 0 Å². The second kappa shape index (κ2) is 6.51. The van der Waals surface area contributed by atoms with Crippen molar-refractivity contribution in [1.82, 2.24) is 4.72 Å². The molecule has 0 aromatic heterocycles. The SMILES string of the molecule is CC(NS(=O)(=O)c1ccc(Cl)c(C(F)(F)F)c1)c1ccccc1. The maximum Gasteiger partial charge on any atom is 0.417 e. The van der Waals surface area contributed by atoms with Gasteiger partial charge < -0.3 is 0 Å². The summed E-state index contributed by atoms with van der Waals surface area (Å²) in [6.07, 6.45) is -4.73. The molecule has 0 heterocycles. The van der Waals surface area contributed by atoms with Crippen LogP contribution < -0.4 is 4.72 Å². The number of sulfonamides is 1. The lowest BCUT2D eigenvalue weighted by atomic mass is 10.1. The molecule has 8 heteroatoms. The zero-order chi connectivity index (χ0) is 17.3. The molecule has 23 heavy (non-hydrogen) atoms. The molecular weight excluding hydrogens is 351 g/mol. The van der Waals surface area contributed by atoms with Crippen molar-refractivity contribution in [2.24, 2.45) is 0 Å². The van der Waals surface area contributed by atoms with E-state index in [4.69, 9.17) is 11.6 Å². The van der Waals surface area contributed by atoms with Crippen LogP contribution in [-0.2, 0) is 16.2 Å². The zero-order valence-electron chi connectivity index (χ0n) is 11.9. The summed E-state index contributed by atoms with van der Waals surface area (Å²) < 4.78 is 65.5. The maximum atomic E-state index is 12.8. The van der Waals surface area contributed by atoms with Gasteiger partial charge in [-0.05, 0) is 30.7 Å². The lowest BCUT2D eigenvalue weighted by Gasteiger charge is -2.16. The van der Waals surface area contributed by atoms with E-state index in [1.54, 1.807) is 37.3 Å². The first-order valence-corrected chi connectivity index (χ1v) is 8.41. The van der Waals surface area contributed by atoms with Gasteiger partial charge in [0.15, 0.2) is 0 Å². The van der Waals surface area contributed by atoms with Crippen LogP contribution in [0.4, 0.5) is 13.2 Å². The first-order valence-electron chi connectivity index (χ1n) is 6.55. The summed E-state index contributed by atoms with van der Waals surface area (Å²) in [5.41, 5.74) is -0.490. The molecule has 0 saturated heterocycles. The molecule has 0 radical (unpaired) electrons. The highest BCUT2D eigenvalue weighted by molar-refractivity contribution is 7.89. The highest BCUT2D eigenvalue weighted by atomic mass is 35.5. The van der Waals surface area contributed by atoms with E-state index in [9.17, 15) is 21.6 Å². The standard InChI is InChI=1S/C15H13ClF3NO2S/c1-10(11-5-3-2-4-6-11)20-23(21,22)12-7-8-14(16)13(9-12)15(17,18)19/h2-10,20H,1H3. The fourth-order valence-corrected chi connectivity index (χ4v) is 3.48. The van der Waals surface area contributed by atoms with Crippen LogP contribution in [0, 0.1) is 0 Å². The fraction of sp³-hybridized carbons (Fsp3) is 0.200. The maximum absolute atomic E-state index is 12.8. The number of nitrogens with one attached hydrogen (secondary N) is 1. The second-order valence-corrected chi connectivity index (χ2v) is 7.01. The van der Waals surface area contributed by atoms with Crippen LogP contribution in [0.5, 0.6) is 0 Å². The van der Waals surface area contributed by atoms with Crippen LogP contribution in [-0.4, -0.2) is 8.42 Å². The lowest BCUT2D eigenvalue weighted by molar-refractivity contribution is -0.137. The van der Waals surface area contributed by atoms with Gasteiger partial charge in [0, 0.05) is 6.04 Å². The largest absolute Gasteiger partial charge is 0.417 e. The van der Waals surface area contributed by atoms with Gasteiger partial charge in [-0.3, -0.25) is 0 Å². The van der Waals surface area contributed by atoms with Gasteiger partial charge in [0.2, 0.25) is 10.0 Å². The number of halogens is 4. The van der Waals surface area contributed by atoms with Crippen molar-refractivity contribution in [3.05, 3.63) is 64.7 Å². The number of hydrogen-bond donors (Lipinski definition) is 1. The van der Waals surface area contributed by atoms with E-state index in [0.29, 0.717) is 11.6 Å². The molecule has 0 bridgehead atoms. The molecule has 2 rings (SSSR count). The Morgan fingerprint density at radius 1 is 1.09 bits per heavy atom. The van der Waals surface area contributed by atoms with Crippen molar-refractivity contribution >= 4 is 21.6 Å². The van der Waals surface area contributed by atoms with Gasteiger partial charge in [-0.15, -0.1) is 0 Å². The van der Waals surface area contributed by atoms with Crippen molar-refractivity contribution in [3.8, 4) is 0 Å². The third kappa shape index (κ3) is 4.25. The highest BCUT2D eigenvalue weighted by Crippen LogP contribution is 2.36. The van der Waals surface area contributed by atoms with Crippen LogP contribution in [0.25, 0.3) is 0 Å². The van der Waals surface area contributed by atoms with E-state index < -0.39 is 37.7 Å². The molecule has 0 aliphatic rings. The van der Waals surface area contributed by atoms with Crippen LogP contribution in [0.15, 0.2) is 53.4 Å². The quantitative estimate of drug-likeness (QED) is 0.875. The van der Waals surface area contributed by atoms with E-state index >= 15 is 0 Å². The van der Waals surface area contributed by atoms with Crippen LogP contribution >= 0.6 is 11.6 Å². The summed E-state index contributed by atoms with van der Waals surface area (Å²) in [6.45, 7) is 1.60. The van der Waals surface area contributed by atoms with E-state index in [2.05, 4.69) is 4.72 Å². The molecule has 0 spiro atoms. The molecule has 2 aromatic rings. The van der Waals surface area contributed by atoms with Crippen molar-refractivity contribution in [2.75, 3.05) is 0 Å². The summed E-state index contributed by atoms with van der Waals surface area (Å²) in [7, 11) is -4.12. The number of rotatable bonds is 4. The van der Waals surface area contributed by atoms with Crippen LogP contribution in [0.1, 0.15) is 24.1 Å². The molecule has 1 N–H and O–H groups in total. The fourth-order valence-electron chi connectivity index (χ4n) is 2.00. The normalized spacial score (nSPS) is 13.8. The van der Waals surface area contributed by atoms with Gasteiger partial charge >= 0.3 is 6.18 Å². The molecule has 0 amide bonds. The molecule has 124 valence electrons. The second-order valence-electron chi connectivity index (χ2n) is 4.89. The number of hydrogen-bond acceptors (Lipinski definition) is 2. The van der Waals surface area contributed by atoms with Crippen molar-refractivity contribution in [1.29, 1.82) is 0 Å². The van der Waals surface area contributed by atoms with Gasteiger partial charge in [0.25, 0.3) is 0 Å². The molecule has 1 atom stereocenters. The minimum absolute atomic E-state index is 0.489. The van der Waals surface area contributed by atoms with Gasteiger partial charge in [0.05, 0.1) is 15.5 Å². The molecule has 3 nitrogen and oxygen atoms in total. The Balaban J connectivity index is 2.34. The summed E-state index contributed by atoms with van der Waals surface area (Å²) in [5, 5.41) is -0.549. The molecule has 0 aliphatic carbocycles. The molecule has 1 unspecified atom stereocenters. The Morgan fingerprint density at radius 2 is 1.70 bits per heavy atom. The lowest BCUT2D eigenvalue weighted by Crippen LogP contribution is -2.27. The Kier molecular flexibility index (Phi) is 5.03. The molecule has 0 saturated carbocycles. The smallest absolute Gasteiger partial charge is 0.207 e. The third-order valence-corrected chi connectivity index (χ3v) is 5.05. The predicted molar refractivity (Wildman–Crippen MR) is 81.6 cm³/mol. The Labute approximate surface area is 137 Å². The van der Waals surface area contributed by atoms with E-state index in [1.165, 1.54) is 0 Å². The Morgan fingerprint density at radius 3 is 2.26 bits per heavy atom. The van der Waals surface area contributed by atoms with Crippen molar-refractivity contribution in [3.63, 3.8) is 0 Å². The average molecular weight is 364 g/mol. The van der Waals surface area contributed by atoms with Crippen molar-refractivity contribution in [2.45, 2.75) is 24.0 Å². The monoisotopic (exact) mass is 363 g/mol. The minimum atomic E-state index is -4.73. The number of alkyl halides is 3. The molecule has 0 fully saturated rings. The van der Waals surface area contributed by atoms with Crippen LogP contribution in [0.3, 0.4) is 0 Å². The summed E-state index contributed by atoms with van der Waals surface area (Å²) in [4.78, 5) is -0.489. The van der Waals surface area contributed by atoms with E-state index in [-0.39, 0.29) is 0 Å². The topological polar surface area (TPSA) is 46.2 Å². The molecular formula is C15H13ClF3NO2S. The molecule has 2 aromatic carbocycles. The average Bonchev–Trinajstić information content (AvgIpc) is 2.46. The van der Waals surface area contributed by atoms with E-state index in [0.717, 1.165) is 12.1 Å².